The average molecular weight is 226 g/mol. The summed E-state index contributed by atoms with van der Waals surface area (Å²) in [6.45, 7) is 8.94. The van der Waals surface area contributed by atoms with E-state index >= 15 is 0 Å². The van der Waals surface area contributed by atoms with Crippen molar-refractivity contribution in [3.05, 3.63) is 0 Å². The average Bonchev–Trinajstić information content (AvgIpc) is 3.06. The summed E-state index contributed by atoms with van der Waals surface area (Å²) >= 11 is 0. The molecule has 0 radical (unpaired) electrons. The second-order valence-corrected chi connectivity index (χ2v) is 6.21. The Morgan fingerprint density at radius 1 is 1.19 bits per heavy atom. The summed E-state index contributed by atoms with van der Waals surface area (Å²) in [5.74, 6) is 1.80. The summed E-state index contributed by atoms with van der Waals surface area (Å²) in [6, 6.07) is 0. The summed E-state index contributed by atoms with van der Waals surface area (Å²) in [5, 5.41) is 10.7. The van der Waals surface area contributed by atoms with Gasteiger partial charge in [-0.25, -0.2) is 0 Å². The minimum absolute atomic E-state index is 0.361. The van der Waals surface area contributed by atoms with E-state index in [0.717, 1.165) is 12.3 Å². The Bertz CT molecular complexity index is 192. The van der Waals surface area contributed by atoms with E-state index in [2.05, 4.69) is 27.7 Å². The molecule has 2 atom stereocenters. The van der Waals surface area contributed by atoms with Crippen molar-refractivity contribution in [1.29, 1.82) is 0 Å². The molecule has 96 valence electrons. The number of hydrogen-bond donors (Lipinski definition) is 1. The second kappa shape index (κ2) is 6.05. The Morgan fingerprint density at radius 3 is 2.25 bits per heavy atom. The predicted molar refractivity (Wildman–Crippen MR) is 70.4 cm³/mol. The monoisotopic (exact) mass is 226 g/mol. The predicted octanol–water partition coefficient (Wildman–Crippen LogP) is 4.39. The summed E-state index contributed by atoms with van der Waals surface area (Å²) in [6.07, 6.45) is 8.67. The summed E-state index contributed by atoms with van der Waals surface area (Å²) in [5.41, 5.74) is -0.361. The SMILES string of the molecule is CCCCC(C)CCC(O)(C(C)C)C1CC1. The van der Waals surface area contributed by atoms with Crippen LogP contribution in [0.4, 0.5) is 0 Å². The molecule has 0 amide bonds. The van der Waals surface area contributed by atoms with Crippen LogP contribution >= 0.6 is 0 Å². The number of hydrogen-bond acceptors (Lipinski definition) is 1. The third-order valence-electron chi connectivity index (χ3n) is 4.37. The van der Waals surface area contributed by atoms with Crippen LogP contribution in [0.5, 0.6) is 0 Å². The Hall–Kier alpha value is -0.0400. The highest BCUT2D eigenvalue weighted by Gasteiger charge is 2.45. The number of aliphatic hydroxyl groups is 1. The Balaban J connectivity index is 2.32. The number of unbranched alkanes of at least 4 members (excludes halogenated alkanes) is 1. The lowest BCUT2D eigenvalue weighted by Crippen LogP contribution is -2.37. The van der Waals surface area contributed by atoms with Gasteiger partial charge in [0, 0.05) is 0 Å². The maximum Gasteiger partial charge on any atom is 0.0698 e. The van der Waals surface area contributed by atoms with Crippen LogP contribution in [0.15, 0.2) is 0 Å². The molecule has 1 saturated carbocycles. The zero-order chi connectivity index (χ0) is 12.2. The largest absolute Gasteiger partial charge is 0.389 e. The second-order valence-electron chi connectivity index (χ2n) is 6.21. The molecule has 1 aliphatic carbocycles. The van der Waals surface area contributed by atoms with Crippen molar-refractivity contribution in [1.82, 2.24) is 0 Å². The molecule has 1 rings (SSSR count). The van der Waals surface area contributed by atoms with Gasteiger partial charge < -0.3 is 5.11 Å². The quantitative estimate of drug-likeness (QED) is 0.651. The van der Waals surface area contributed by atoms with Crippen LogP contribution in [0, 0.1) is 17.8 Å². The molecule has 0 aromatic heterocycles. The molecule has 0 aromatic rings. The molecule has 0 aromatic carbocycles. The Kier molecular flexibility index (Phi) is 5.30. The topological polar surface area (TPSA) is 20.2 Å². The van der Waals surface area contributed by atoms with E-state index in [4.69, 9.17) is 0 Å². The fraction of sp³-hybridized carbons (Fsp3) is 1.00. The highest BCUT2D eigenvalue weighted by Crippen LogP contribution is 2.46. The van der Waals surface area contributed by atoms with E-state index in [1.807, 2.05) is 0 Å². The first-order valence-corrected chi connectivity index (χ1v) is 7.23. The lowest BCUT2D eigenvalue weighted by Gasteiger charge is -2.33. The zero-order valence-corrected chi connectivity index (χ0v) is 11.6. The fourth-order valence-electron chi connectivity index (χ4n) is 2.72. The van der Waals surface area contributed by atoms with Crippen LogP contribution in [0.25, 0.3) is 0 Å². The molecule has 1 nitrogen and oxygen atoms in total. The van der Waals surface area contributed by atoms with Gasteiger partial charge in [-0.3, -0.25) is 0 Å². The third kappa shape index (κ3) is 3.76. The van der Waals surface area contributed by atoms with Gasteiger partial charge in [0.15, 0.2) is 0 Å². The van der Waals surface area contributed by atoms with Crippen molar-refractivity contribution in [3.63, 3.8) is 0 Å². The van der Waals surface area contributed by atoms with Crippen molar-refractivity contribution in [2.45, 2.75) is 78.2 Å². The smallest absolute Gasteiger partial charge is 0.0698 e. The molecule has 0 heterocycles. The fourth-order valence-corrected chi connectivity index (χ4v) is 2.72. The first-order valence-electron chi connectivity index (χ1n) is 7.23. The molecule has 1 fully saturated rings. The van der Waals surface area contributed by atoms with Crippen LogP contribution < -0.4 is 0 Å². The van der Waals surface area contributed by atoms with Gasteiger partial charge in [0.25, 0.3) is 0 Å². The van der Waals surface area contributed by atoms with Crippen molar-refractivity contribution in [2.75, 3.05) is 0 Å². The highest BCUT2D eigenvalue weighted by molar-refractivity contribution is 4.96. The minimum Gasteiger partial charge on any atom is -0.389 e. The zero-order valence-electron chi connectivity index (χ0n) is 11.6. The molecule has 0 spiro atoms. The highest BCUT2D eigenvalue weighted by atomic mass is 16.3. The first kappa shape index (κ1) is 14.0. The van der Waals surface area contributed by atoms with Crippen LogP contribution in [0.2, 0.25) is 0 Å². The van der Waals surface area contributed by atoms with Crippen molar-refractivity contribution >= 4 is 0 Å². The lowest BCUT2D eigenvalue weighted by molar-refractivity contribution is -0.0384. The van der Waals surface area contributed by atoms with E-state index in [1.54, 1.807) is 0 Å². The van der Waals surface area contributed by atoms with Gasteiger partial charge in [-0.2, -0.15) is 0 Å². The van der Waals surface area contributed by atoms with Crippen LogP contribution in [-0.4, -0.2) is 10.7 Å². The molecule has 1 N–H and O–H groups in total. The molecule has 1 aliphatic rings. The van der Waals surface area contributed by atoms with Crippen molar-refractivity contribution in [2.24, 2.45) is 17.8 Å². The van der Waals surface area contributed by atoms with E-state index in [-0.39, 0.29) is 5.60 Å². The molecule has 1 heteroatoms. The maximum absolute atomic E-state index is 10.7. The molecule has 0 saturated heterocycles. The van der Waals surface area contributed by atoms with Gasteiger partial charge in [-0.15, -0.1) is 0 Å². The lowest BCUT2D eigenvalue weighted by atomic mass is 9.79. The van der Waals surface area contributed by atoms with Gasteiger partial charge in [0.2, 0.25) is 0 Å². The molecule has 0 aliphatic heterocycles. The molecular formula is C15H30O. The molecule has 2 unspecified atom stereocenters. The summed E-state index contributed by atoms with van der Waals surface area (Å²) in [7, 11) is 0. The summed E-state index contributed by atoms with van der Waals surface area (Å²) < 4.78 is 0. The van der Waals surface area contributed by atoms with Gasteiger partial charge in [0.1, 0.15) is 0 Å². The van der Waals surface area contributed by atoms with Gasteiger partial charge in [0.05, 0.1) is 5.60 Å². The Labute approximate surface area is 102 Å². The van der Waals surface area contributed by atoms with Crippen molar-refractivity contribution in [3.8, 4) is 0 Å². The molecule has 0 bridgehead atoms. The summed E-state index contributed by atoms with van der Waals surface area (Å²) in [4.78, 5) is 0. The van der Waals surface area contributed by atoms with Gasteiger partial charge in [-0.05, 0) is 43.4 Å². The molecule has 16 heavy (non-hydrogen) atoms. The number of rotatable bonds is 8. The van der Waals surface area contributed by atoms with Crippen molar-refractivity contribution < 1.29 is 5.11 Å². The first-order chi connectivity index (χ1) is 7.50. The van der Waals surface area contributed by atoms with E-state index in [1.165, 1.54) is 38.5 Å². The maximum atomic E-state index is 10.7. The van der Waals surface area contributed by atoms with E-state index in [9.17, 15) is 5.11 Å². The van der Waals surface area contributed by atoms with Gasteiger partial charge >= 0.3 is 0 Å². The minimum atomic E-state index is -0.361. The van der Waals surface area contributed by atoms with Crippen LogP contribution in [-0.2, 0) is 0 Å². The Morgan fingerprint density at radius 2 is 1.81 bits per heavy atom. The van der Waals surface area contributed by atoms with E-state index in [0.29, 0.717) is 11.8 Å². The normalized spacial score (nSPS) is 22.1. The van der Waals surface area contributed by atoms with Gasteiger partial charge in [-0.1, -0.05) is 47.0 Å². The van der Waals surface area contributed by atoms with Crippen LogP contribution in [0.3, 0.4) is 0 Å². The standard InChI is InChI=1S/C15H30O/c1-5-6-7-13(4)10-11-15(16,12(2)3)14-8-9-14/h12-14,16H,5-11H2,1-4H3. The van der Waals surface area contributed by atoms with E-state index < -0.39 is 0 Å². The molecular weight excluding hydrogens is 196 g/mol. The third-order valence-corrected chi connectivity index (χ3v) is 4.37. The van der Waals surface area contributed by atoms with Crippen LogP contribution in [0.1, 0.15) is 72.6 Å².